The Morgan fingerprint density at radius 2 is 0.829 bits per heavy atom. The van der Waals surface area contributed by atoms with Crippen molar-refractivity contribution in [3.05, 3.63) is 144 Å². The van der Waals surface area contributed by atoms with E-state index in [1.165, 1.54) is 138 Å². The molecule has 6 nitrogen and oxygen atoms in total. The van der Waals surface area contributed by atoms with Gasteiger partial charge in [-0.1, -0.05) is 166 Å². The molecule has 434 valence electrons. The minimum atomic E-state index is -0.474. The number of hydrogen-bond donors (Lipinski definition) is 0. The van der Waals surface area contributed by atoms with Crippen molar-refractivity contribution in [2.45, 2.75) is 195 Å². The first-order valence-electron chi connectivity index (χ1n) is 32.7. The molecule has 82 heavy (non-hydrogen) atoms. The van der Waals surface area contributed by atoms with Gasteiger partial charge in [0.25, 0.3) is 0 Å². The number of ether oxygens (including phenoxy) is 4. The first-order chi connectivity index (χ1) is 40.3. The van der Waals surface area contributed by atoms with Crippen LogP contribution in [0.3, 0.4) is 0 Å². The van der Waals surface area contributed by atoms with E-state index in [9.17, 15) is 9.59 Å². The summed E-state index contributed by atoms with van der Waals surface area (Å²) in [6.45, 7) is 10.4. The van der Waals surface area contributed by atoms with Gasteiger partial charge >= 0.3 is 11.9 Å². The van der Waals surface area contributed by atoms with E-state index < -0.39 is 11.9 Å². The molecule has 0 aliphatic heterocycles. The van der Waals surface area contributed by atoms with Crippen molar-refractivity contribution < 1.29 is 28.5 Å². The number of fused-ring (bicyclic) bond motifs is 2. The van der Waals surface area contributed by atoms with E-state index in [0.717, 1.165) is 120 Å². The molecule has 0 aromatic heterocycles. The summed E-state index contributed by atoms with van der Waals surface area (Å²) < 4.78 is 25.3. The molecule has 0 heterocycles. The van der Waals surface area contributed by atoms with Crippen LogP contribution in [-0.4, -0.2) is 25.2 Å². The Kier molecular flexibility index (Phi) is 21.2. The van der Waals surface area contributed by atoms with E-state index >= 15 is 0 Å². The average molecular weight is 1100 g/mol. The average Bonchev–Trinajstić information content (AvgIpc) is 3.42. The Labute approximate surface area is 491 Å². The molecular weight excluding hydrogens is 1010 g/mol. The molecule has 6 heteroatoms. The summed E-state index contributed by atoms with van der Waals surface area (Å²) >= 11 is 0. The van der Waals surface area contributed by atoms with E-state index in [1.807, 2.05) is 36.4 Å². The summed E-state index contributed by atoms with van der Waals surface area (Å²) in [5, 5.41) is 3.89. The minimum absolute atomic E-state index is 0.397. The second kappa shape index (κ2) is 29.4. The van der Waals surface area contributed by atoms with Gasteiger partial charge in [0.15, 0.2) is 0 Å². The molecule has 4 aliphatic carbocycles. The van der Waals surface area contributed by atoms with E-state index in [0.29, 0.717) is 47.0 Å². The molecule has 0 amide bonds. The fourth-order valence-corrected chi connectivity index (χ4v) is 14.6. The quantitative estimate of drug-likeness (QED) is 0.0323. The van der Waals surface area contributed by atoms with Crippen LogP contribution in [0, 0.1) is 35.5 Å². The zero-order valence-electron chi connectivity index (χ0n) is 50.3. The molecule has 2 saturated carbocycles. The molecule has 6 aromatic carbocycles. The van der Waals surface area contributed by atoms with Gasteiger partial charge in [-0.05, 0) is 229 Å². The van der Waals surface area contributed by atoms with Gasteiger partial charge in [0.2, 0.25) is 0 Å². The van der Waals surface area contributed by atoms with Crippen molar-refractivity contribution >= 4 is 44.6 Å². The third kappa shape index (κ3) is 15.0. The molecule has 6 aromatic rings. The van der Waals surface area contributed by atoms with Crippen LogP contribution in [0.4, 0.5) is 0 Å². The molecule has 0 N–H and O–H groups in total. The SMILES string of the molecule is CCCCCCOc1ccc(C(=O)Oc2ccc3cc(C4=CCC(C5CCC(CCC)CC5)CC4)ccc3c2-c2c(OC(=O)c3ccc(OCCCCCC)cc3)ccc3cc(C4=CCC(C5CCC(CCC)CC5)CC4)ccc23)cc1. The predicted octanol–water partition coefficient (Wildman–Crippen LogP) is 21.6. The smallest absolute Gasteiger partial charge is 0.343 e. The number of allylic oxidation sites excluding steroid dienone is 4. The maximum Gasteiger partial charge on any atom is 0.343 e. The van der Waals surface area contributed by atoms with Crippen LogP contribution in [-0.2, 0) is 0 Å². The maximum absolute atomic E-state index is 14.5. The molecule has 2 fully saturated rings. The third-order valence-electron chi connectivity index (χ3n) is 19.5. The van der Waals surface area contributed by atoms with Crippen molar-refractivity contribution in [2.75, 3.05) is 13.2 Å². The minimum Gasteiger partial charge on any atom is -0.494 e. The highest BCUT2D eigenvalue weighted by Crippen LogP contribution is 2.49. The monoisotopic (exact) mass is 1100 g/mol. The lowest BCUT2D eigenvalue weighted by molar-refractivity contribution is 0.0723. The summed E-state index contributed by atoms with van der Waals surface area (Å²) in [5.74, 6) is 6.36. The highest BCUT2D eigenvalue weighted by Gasteiger charge is 2.31. The van der Waals surface area contributed by atoms with Gasteiger partial charge in [-0.2, -0.15) is 0 Å². The van der Waals surface area contributed by atoms with Gasteiger partial charge in [-0.15, -0.1) is 0 Å². The summed E-state index contributed by atoms with van der Waals surface area (Å²) in [5.41, 5.74) is 7.55. The van der Waals surface area contributed by atoms with Gasteiger partial charge in [0.1, 0.15) is 23.0 Å². The van der Waals surface area contributed by atoms with Crippen molar-refractivity contribution in [1.82, 2.24) is 0 Å². The first-order valence-corrected chi connectivity index (χ1v) is 32.7. The fraction of sp³-hybridized carbons (Fsp3) is 0.500. The Morgan fingerprint density at radius 3 is 1.20 bits per heavy atom. The van der Waals surface area contributed by atoms with Crippen LogP contribution < -0.4 is 18.9 Å². The summed E-state index contributed by atoms with van der Waals surface area (Å²) in [6, 6.07) is 36.1. The lowest BCUT2D eigenvalue weighted by Crippen LogP contribution is -2.23. The van der Waals surface area contributed by atoms with E-state index in [2.05, 4.69) is 88.4 Å². The number of rotatable bonds is 25. The zero-order valence-corrected chi connectivity index (χ0v) is 50.3. The van der Waals surface area contributed by atoms with Crippen LogP contribution in [0.25, 0.3) is 43.8 Å². The number of carbonyl (C=O) groups excluding carboxylic acids is 2. The van der Waals surface area contributed by atoms with Crippen LogP contribution in [0.1, 0.15) is 226 Å². The summed E-state index contributed by atoms with van der Waals surface area (Å²) in [4.78, 5) is 29.0. The highest BCUT2D eigenvalue weighted by atomic mass is 16.5. The van der Waals surface area contributed by atoms with Crippen LogP contribution in [0.5, 0.6) is 23.0 Å². The Hall–Kier alpha value is -6.14. The van der Waals surface area contributed by atoms with E-state index in [1.54, 1.807) is 24.3 Å². The summed E-state index contributed by atoms with van der Waals surface area (Å²) in [6.07, 6.45) is 37.4. The molecule has 0 spiro atoms. The third-order valence-corrected chi connectivity index (χ3v) is 19.5. The molecule has 2 atom stereocenters. The molecule has 0 saturated heterocycles. The van der Waals surface area contributed by atoms with Crippen molar-refractivity contribution in [3.8, 4) is 34.1 Å². The van der Waals surface area contributed by atoms with Gasteiger partial charge in [-0.25, -0.2) is 9.59 Å². The second-order valence-electron chi connectivity index (χ2n) is 25.1. The van der Waals surface area contributed by atoms with Gasteiger partial charge in [0, 0.05) is 11.1 Å². The topological polar surface area (TPSA) is 71.1 Å². The first kappa shape index (κ1) is 59.0. The fourth-order valence-electron chi connectivity index (χ4n) is 14.6. The van der Waals surface area contributed by atoms with Gasteiger partial charge < -0.3 is 18.9 Å². The number of hydrogen-bond acceptors (Lipinski definition) is 6. The van der Waals surface area contributed by atoms with Gasteiger partial charge in [-0.3, -0.25) is 0 Å². The predicted molar refractivity (Wildman–Crippen MR) is 340 cm³/mol. The molecule has 2 unspecified atom stereocenters. The Morgan fingerprint density at radius 1 is 0.415 bits per heavy atom. The normalized spacial score (nSPS) is 21.2. The molecule has 0 bridgehead atoms. The maximum atomic E-state index is 14.5. The van der Waals surface area contributed by atoms with E-state index in [-0.39, 0.29) is 0 Å². The van der Waals surface area contributed by atoms with Crippen molar-refractivity contribution in [1.29, 1.82) is 0 Å². The van der Waals surface area contributed by atoms with Crippen molar-refractivity contribution in [2.24, 2.45) is 35.5 Å². The molecule has 0 radical (unpaired) electrons. The zero-order chi connectivity index (χ0) is 56.6. The number of unbranched alkanes of at least 4 members (excludes halogenated alkanes) is 6. The van der Waals surface area contributed by atoms with Crippen LogP contribution in [0.2, 0.25) is 0 Å². The number of esters is 2. The second-order valence-corrected chi connectivity index (χ2v) is 25.1. The molecule has 10 rings (SSSR count). The number of carbonyl (C=O) groups is 2. The van der Waals surface area contributed by atoms with Crippen LogP contribution in [0.15, 0.2) is 121 Å². The highest BCUT2D eigenvalue weighted by molar-refractivity contribution is 6.12. The van der Waals surface area contributed by atoms with Gasteiger partial charge in [0.05, 0.1) is 24.3 Å². The molecule has 4 aliphatic rings. The lowest BCUT2D eigenvalue weighted by Gasteiger charge is -2.35. The standard InChI is InChI=1S/C76H94O6/c1-5-9-11-13-49-79-67-41-33-61(34-42-67)75(77)81-71-47-39-65-51-63(59-29-25-57(26-30-59)55-21-17-53(15-7-3)18-22-55)37-45-69(65)73(71)74-70-46-38-64(60-31-27-58(28-32-60)56-23-19-54(16-8-4)20-24-56)52-66(70)40-48-72(74)82-76(78)62-35-43-68(44-36-62)80-50-14-12-10-6-2/h29,31,33-48,51-58H,5-28,30,32,49-50H2,1-4H3. The number of benzene rings is 6. The van der Waals surface area contributed by atoms with Crippen molar-refractivity contribution in [3.63, 3.8) is 0 Å². The largest absolute Gasteiger partial charge is 0.494 e. The Bertz CT molecular complexity index is 2900. The molecular formula is C76H94O6. The lowest BCUT2D eigenvalue weighted by atomic mass is 9.70. The van der Waals surface area contributed by atoms with E-state index in [4.69, 9.17) is 18.9 Å². The Balaban J connectivity index is 1.00. The summed E-state index contributed by atoms with van der Waals surface area (Å²) in [7, 11) is 0. The van der Waals surface area contributed by atoms with Crippen LogP contribution >= 0.6 is 0 Å².